The average molecular weight is 491 g/mol. The van der Waals surface area contributed by atoms with Crippen molar-refractivity contribution in [3.8, 4) is 0 Å². The van der Waals surface area contributed by atoms with Crippen LogP contribution in [0.25, 0.3) is 10.2 Å². The molecule has 33 heavy (non-hydrogen) atoms. The van der Waals surface area contributed by atoms with Crippen molar-refractivity contribution in [1.29, 1.82) is 0 Å². The summed E-state index contributed by atoms with van der Waals surface area (Å²) < 4.78 is 36.3. The van der Waals surface area contributed by atoms with Crippen LogP contribution >= 0.6 is 11.3 Å². The van der Waals surface area contributed by atoms with Crippen molar-refractivity contribution in [2.24, 2.45) is 4.99 Å². The number of fused-ring (bicyclic) bond motifs is 1. The highest BCUT2D eigenvalue weighted by molar-refractivity contribution is 7.90. The van der Waals surface area contributed by atoms with Crippen LogP contribution in [0, 0.1) is 0 Å². The predicted molar refractivity (Wildman–Crippen MR) is 122 cm³/mol. The molecule has 0 aliphatic rings. The van der Waals surface area contributed by atoms with E-state index in [4.69, 9.17) is 9.47 Å². The second-order valence-electron chi connectivity index (χ2n) is 6.86. The average Bonchev–Trinajstić information content (AvgIpc) is 3.09. The fourth-order valence-corrected chi connectivity index (χ4v) is 5.05. The molecule has 174 valence electrons. The van der Waals surface area contributed by atoms with Crippen molar-refractivity contribution in [1.82, 2.24) is 4.57 Å². The van der Waals surface area contributed by atoms with Crippen LogP contribution in [0.1, 0.15) is 34.6 Å². The Labute approximate surface area is 194 Å². The van der Waals surface area contributed by atoms with E-state index in [1.807, 2.05) is 0 Å². The Morgan fingerprint density at radius 1 is 1.03 bits per heavy atom. The lowest BCUT2D eigenvalue weighted by molar-refractivity contribution is -0.143. The molecular weight excluding hydrogens is 468 g/mol. The Hall–Kier alpha value is -3.31. The Kier molecular flexibility index (Phi) is 7.44. The number of hydrogen-bond donors (Lipinski definition) is 0. The molecule has 2 aromatic carbocycles. The van der Waals surface area contributed by atoms with E-state index in [9.17, 15) is 22.8 Å². The topological polar surface area (TPSA) is 121 Å². The van der Waals surface area contributed by atoms with Crippen LogP contribution < -0.4 is 4.80 Å². The van der Waals surface area contributed by atoms with Gasteiger partial charge in [-0.05, 0) is 44.2 Å². The first-order chi connectivity index (χ1) is 15.7. The van der Waals surface area contributed by atoms with E-state index in [1.54, 1.807) is 38.1 Å². The Morgan fingerprint density at radius 3 is 2.39 bits per heavy atom. The van der Waals surface area contributed by atoms with Crippen molar-refractivity contribution < 1.29 is 32.3 Å². The van der Waals surface area contributed by atoms with Gasteiger partial charge in [-0.1, -0.05) is 23.5 Å². The van der Waals surface area contributed by atoms with Gasteiger partial charge in [-0.15, -0.1) is 0 Å². The largest absolute Gasteiger partial charge is 0.465 e. The maximum Gasteiger partial charge on any atom is 0.338 e. The summed E-state index contributed by atoms with van der Waals surface area (Å²) in [5.41, 5.74) is 0.797. The van der Waals surface area contributed by atoms with Crippen LogP contribution in [0.15, 0.2) is 52.4 Å². The Balaban J connectivity index is 2.18. The predicted octanol–water partition coefficient (Wildman–Crippen LogP) is 2.59. The van der Waals surface area contributed by atoms with Gasteiger partial charge in [-0.3, -0.25) is 9.59 Å². The number of ether oxygens (including phenoxy) is 2. The first-order valence-electron chi connectivity index (χ1n) is 10.00. The summed E-state index contributed by atoms with van der Waals surface area (Å²) in [7, 11) is -3.66. The maximum absolute atomic E-state index is 13.0. The number of hydrogen-bond acceptors (Lipinski definition) is 8. The molecule has 0 saturated heterocycles. The summed E-state index contributed by atoms with van der Waals surface area (Å²) >= 11 is 1.08. The van der Waals surface area contributed by atoms with Crippen LogP contribution in [-0.4, -0.2) is 50.3 Å². The summed E-state index contributed by atoms with van der Waals surface area (Å²) in [6.07, 6.45) is 1.01. The minimum atomic E-state index is -3.66. The second-order valence-corrected chi connectivity index (χ2v) is 9.86. The summed E-state index contributed by atoms with van der Waals surface area (Å²) in [5.74, 6) is -1.80. The molecule has 0 radical (unpaired) electrons. The Morgan fingerprint density at radius 2 is 1.73 bits per heavy atom. The van der Waals surface area contributed by atoms with E-state index >= 15 is 0 Å². The number of nitrogens with zero attached hydrogens (tertiary/aromatic N) is 2. The molecule has 11 heteroatoms. The third-order valence-corrected chi connectivity index (χ3v) is 6.70. The van der Waals surface area contributed by atoms with Gasteiger partial charge < -0.3 is 14.0 Å². The number of carbonyl (C=O) groups is 3. The zero-order valence-electron chi connectivity index (χ0n) is 18.2. The van der Waals surface area contributed by atoms with E-state index in [1.165, 1.54) is 22.8 Å². The van der Waals surface area contributed by atoms with Crippen LogP contribution in [0.3, 0.4) is 0 Å². The lowest BCUT2D eigenvalue weighted by atomic mass is 10.2. The first kappa shape index (κ1) is 24.3. The van der Waals surface area contributed by atoms with E-state index in [2.05, 4.69) is 4.99 Å². The van der Waals surface area contributed by atoms with Crippen molar-refractivity contribution in [3.05, 3.63) is 58.4 Å². The van der Waals surface area contributed by atoms with Gasteiger partial charge >= 0.3 is 11.9 Å². The number of rotatable bonds is 7. The molecule has 0 N–H and O–H groups in total. The molecule has 0 saturated carbocycles. The molecule has 9 nitrogen and oxygen atoms in total. The highest BCUT2D eigenvalue weighted by Crippen LogP contribution is 2.21. The van der Waals surface area contributed by atoms with Gasteiger partial charge in [-0.2, -0.15) is 4.99 Å². The van der Waals surface area contributed by atoms with Crippen molar-refractivity contribution >= 4 is 49.2 Å². The summed E-state index contributed by atoms with van der Waals surface area (Å²) in [5, 5.41) is 0. The number of benzene rings is 2. The fraction of sp³-hybridized carbons (Fsp3) is 0.273. The minimum absolute atomic E-state index is 0.0765. The van der Waals surface area contributed by atoms with Crippen LogP contribution in [0.5, 0.6) is 0 Å². The van der Waals surface area contributed by atoms with Crippen LogP contribution in [-0.2, 0) is 30.7 Å². The van der Waals surface area contributed by atoms with Crippen molar-refractivity contribution in [2.45, 2.75) is 25.3 Å². The number of aromatic nitrogens is 1. The Bertz CT molecular complexity index is 1400. The zero-order valence-corrected chi connectivity index (χ0v) is 19.9. The zero-order chi connectivity index (χ0) is 24.2. The molecule has 1 aromatic heterocycles. The van der Waals surface area contributed by atoms with E-state index in [0.29, 0.717) is 15.8 Å². The van der Waals surface area contributed by atoms with Crippen molar-refractivity contribution in [3.63, 3.8) is 0 Å². The monoisotopic (exact) mass is 490 g/mol. The van der Waals surface area contributed by atoms with Crippen molar-refractivity contribution in [2.75, 3.05) is 19.5 Å². The van der Waals surface area contributed by atoms with Crippen LogP contribution in [0.2, 0.25) is 0 Å². The molecule has 0 aliphatic carbocycles. The third kappa shape index (κ3) is 5.55. The molecule has 1 heterocycles. The molecule has 0 spiro atoms. The SMILES string of the molecule is CCOC(=O)Cn1c(=NC(=O)c2ccccc2S(C)(=O)=O)sc2cc(C(=O)OCC)ccc21. The molecular formula is C22H22N2O7S2. The summed E-state index contributed by atoms with van der Waals surface area (Å²) in [6.45, 7) is 3.57. The number of sulfone groups is 1. The molecule has 0 atom stereocenters. The van der Waals surface area contributed by atoms with Gasteiger partial charge in [0, 0.05) is 6.26 Å². The smallest absolute Gasteiger partial charge is 0.338 e. The quantitative estimate of drug-likeness (QED) is 0.467. The maximum atomic E-state index is 13.0. The van der Waals surface area contributed by atoms with Gasteiger partial charge in [0.25, 0.3) is 5.91 Å². The third-order valence-electron chi connectivity index (χ3n) is 4.50. The standard InChI is InChI=1S/C22H22N2O7S2/c1-4-30-19(25)13-24-16-11-10-14(21(27)31-5-2)12-17(16)32-22(24)23-20(26)15-8-6-7-9-18(15)33(3,28)29/h6-12H,4-5,13H2,1-3H3. The van der Waals surface area contributed by atoms with E-state index in [-0.39, 0.29) is 35.0 Å². The minimum Gasteiger partial charge on any atom is -0.465 e. The highest BCUT2D eigenvalue weighted by atomic mass is 32.2. The molecule has 3 aromatic rings. The normalized spacial score (nSPS) is 12.0. The highest BCUT2D eigenvalue weighted by Gasteiger charge is 2.19. The molecule has 3 rings (SSSR count). The lowest BCUT2D eigenvalue weighted by Gasteiger charge is -2.06. The lowest BCUT2D eigenvalue weighted by Crippen LogP contribution is -2.23. The summed E-state index contributed by atoms with van der Waals surface area (Å²) in [4.78, 5) is 41.4. The first-order valence-corrected chi connectivity index (χ1v) is 12.7. The van der Waals surface area contributed by atoms with Gasteiger partial charge in [-0.25, -0.2) is 13.2 Å². The summed E-state index contributed by atoms with van der Waals surface area (Å²) in [6, 6.07) is 10.6. The van der Waals surface area contributed by atoms with E-state index in [0.717, 1.165) is 17.6 Å². The number of esters is 2. The van der Waals surface area contributed by atoms with Gasteiger partial charge in [0.2, 0.25) is 0 Å². The molecule has 0 bridgehead atoms. The molecule has 0 unspecified atom stereocenters. The number of carbonyl (C=O) groups excluding carboxylic acids is 3. The molecule has 1 amide bonds. The van der Waals surface area contributed by atoms with Gasteiger partial charge in [0.05, 0.1) is 39.5 Å². The number of thiazole rings is 1. The molecule has 0 aliphatic heterocycles. The molecule has 0 fully saturated rings. The van der Waals surface area contributed by atoms with Crippen LogP contribution in [0.4, 0.5) is 0 Å². The number of amides is 1. The second kappa shape index (κ2) is 10.1. The van der Waals surface area contributed by atoms with Gasteiger partial charge in [0.1, 0.15) is 6.54 Å². The fourth-order valence-electron chi connectivity index (χ4n) is 3.10. The van der Waals surface area contributed by atoms with Gasteiger partial charge in [0.15, 0.2) is 14.6 Å². The van der Waals surface area contributed by atoms with E-state index < -0.39 is 27.7 Å².